The standard InChI is InChI=1S/C23H19ClN4O3S2/c1-15-8-7-11-17(14-15)20(16-9-3-2-4-10-16)28-33(30,31)23-27-26-22(32-23)25-21(29)18-12-5-6-13-19(18)24/h2-14,20,28H,1H3,(H,25,26,29)/t20-/m1/s1. The van der Waals surface area contributed by atoms with Crippen LogP contribution in [0.15, 0.2) is 83.2 Å². The number of anilines is 1. The molecule has 0 unspecified atom stereocenters. The van der Waals surface area contributed by atoms with Crippen molar-refractivity contribution in [1.29, 1.82) is 0 Å². The van der Waals surface area contributed by atoms with E-state index in [4.69, 9.17) is 11.6 Å². The number of amides is 1. The van der Waals surface area contributed by atoms with E-state index in [2.05, 4.69) is 20.2 Å². The molecule has 33 heavy (non-hydrogen) atoms. The molecule has 1 amide bonds. The van der Waals surface area contributed by atoms with Gasteiger partial charge in [-0.1, -0.05) is 95.2 Å². The van der Waals surface area contributed by atoms with E-state index in [0.29, 0.717) is 0 Å². The molecule has 2 N–H and O–H groups in total. The number of hydrogen-bond acceptors (Lipinski definition) is 6. The quantitative estimate of drug-likeness (QED) is 0.356. The second-order valence-corrected chi connectivity index (χ2v) is 10.5. The Labute approximate surface area is 200 Å². The van der Waals surface area contributed by atoms with Crippen LogP contribution in [0.4, 0.5) is 5.13 Å². The molecule has 4 rings (SSSR count). The average molecular weight is 499 g/mol. The van der Waals surface area contributed by atoms with Crippen LogP contribution in [0.2, 0.25) is 5.02 Å². The molecule has 3 aromatic carbocycles. The highest BCUT2D eigenvalue weighted by atomic mass is 35.5. The average Bonchev–Trinajstić information content (AvgIpc) is 3.28. The first-order chi connectivity index (χ1) is 15.8. The Hall–Kier alpha value is -3.11. The highest BCUT2D eigenvalue weighted by molar-refractivity contribution is 7.91. The lowest BCUT2D eigenvalue weighted by Gasteiger charge is -2.19. The molecule has 7 nitrogen and oxygen atoms in total. The molecule has 0 spiro atoms. The van der Waals surface area contributed by atoms with Gasteiger partial charge in [-0.25, -0.2) is 8.42 Å². The molecular formula is C23H19ClN4O3S2. The maximum atomic E-state index is 13.2. The van der Waals surface area contributed by atoms with Crippen LogP contribution in [-0.4, -0.2) is 24.5 Å². The highest BCUT2D eigenvalue weighted by Crippen LogP contribution is 2.27. The number of carbonyl (C=O) groups is 1. The van der Waals surface area contributed by atoms with Gasteiger partial charge in [-0.05, 0) is 30.2 Å². The van der Waals surface area contributed by atoms with Crippen molar-refractivity contribution in [3.63, 3.8) is 0 Å². The van der Waals surface area contributed by atoms with E-state index in [9.17, 15) is 13.2 Å². The van der Waals surface area contributed by atoms with E-state index < -0.39 is 22.0 Å². The molecule has 168 valence electrons. The third-order valence-corrected chi connectivity index (χ3v) is 7.72. The normalized spacial score (nSPS) is 12.3. The molecule has 1 aromatic heterocycles. The summed E-state index contributed by atoms with van der Waals surface area (Å²) in [5, 5.41) is 10.5. The monoisotopic (exact) mass is 498 g/mol. The first-order valence-electron chi connectivity index (χ1n) is 9.87. The molecule has 0 saturated heterocycles. The van der Waals surface area contributed by atoms with E-state index in [1.807, 2.05) is 61.5 Å². The zero-order valence-corrected chi connectivity index (χ0v) is 19.8. The molecule has 10 heteroatoms. The number of sulfonamides is 1. The van der Waals surface area contributed by atoms with Gasteiger partial charge < -0.3 is 0 Å². The van der Waals surface area contributed by atoms with Gasteiger partial charge in [0, 0.05) is 0 Å². The largest absolute Gasteiger partial charge is 0.296 e. The Morgan fingerprint density at radius 1 is 0.939 bits per heavy atom. The minimum Gasteiger partial charge on any atom is -0.296 e. The van der Waals surface area contributed by atoms with E-state index in [1.165, 1.54) is 0 Å². The molecule has 0 aliphatic rings. The van der Waals surface area contributed by atoms with Crippen molar-refractivity contribution < 1.29 is 13.2 Å². The van der Waals surface area contributed by atoms with Crippen molar-refractivity contribution in [3.8, 4) is 0 Å². The molecule has 4 aromatic rings. The highest BCUT2D eigenvalue weighted by Gasteiger charge is 2.27. The van der Waals surface area contributed by atoms with Crippen LogP contribution in [0.25, 0.3) is 0 Å². The number of nitrogens with zero attached hydrogens (tertiary/aromatic N) is 2. The predicted molar refractivity (Wildman–Crippen MR) is 129 cm³/mol. The van der Waals surface area contributed by atoms with E-state index in [-0.39, 0.29) is 20.1 Å². The summed E-state index contributed by atoms with van der Waals surface area (Å²) in [6.07, 6.45) is 0. The van der Waals surface area contributed by atoms with Crippen LogP contribution in [-0.2, 0) is 10.0 Å². The minimum atomic E-state index is -4.04. The van der Waals surface area contributed by atoms with Crippen LogP contribution < -0.4 is 10.0 Å². The number of halogens is 1. The maximum absolute atomic E-state index is 13.2. The van der Waals surface area contributed by atoms with Crippen molar-refractivity contribution in [2.75, 3.05) is 5.32 Å². The lowest BCUT2D eigenvalue weighted by molar-refractivity contribution is 0.102. The summed E-state index contributed by atoms with van der Waals surface area (Å²) in [5.74, 6) is -0.504. The first kappa shape index (κ1) is 23.1. The van der Waals surface area contributed by atoms with Crippen molar-refractivity contribution in [2.45, 2.75) is 17.3 Å². The molecule has 1 atom stereocenters. The van der Waals surface area contributed by atoms with Crippen LogP contribution in [0, 0.1) is 6.92 Å². The fraction of sp³-hybridized carbons (Fsp3) is 0.0870. The van der Waals surface area contributed by atoms with Gasteiger partial charge in [-0.2, -0.15) is 4.72 Å². The Morgan fingerprint density at radius 2 is 1.64 bits per heavy atom. The van der Waals surface area contributed by atoms with Crippen molar-refractivity contribution in [1.82, 2.24) is 14.9 Å². The number of aryl methyl sites for hydroxylation is 1. The summed E-state index contributed by atoms with van der Waals surface area (Å²) in [6, 6.07) is 22.8. The zero-order chi connectivity index (χ0) is 23.4. The van der Waals surface area contributed by atoms with Gasteiger partial charge in [0.2, 0.25) is 9.47 Å². The van der Waals surface area contributed by atoms with E-state index in [0.717, 1.165) is 28.0 Å². The summed E-state index contributed by atoms with van der Waals surface area (Å²) in [4.78, 5) is 12.5. The molecule has 0 bridgehead atoms. The molecule has 0 aliphatic carbocycles. The molecular weight excluding hydrogens is 480 g/mol. The number of benzene rings is 3. The number of rotatable bonds is 7. The van der Waals surface area contributed by atoms with Crippen LogP contribution >= 0.6 is 22.9 Å². The summed E-state index contributed by atoms with van der Waals surface area (Å²) < 4.78 is 28.8. The van der Waals surface area contributed by atoms with Crippen molar-refractivity contribution in [2.24, 2.45) is 0 Å². The molecule has 0 saturated carbocycles. The number of carbonyl (C=O) groups excluding carboxylic acids is 1. The third-order valence-electron chi connectivity index (χ3n) is 4.76. The number of hydrogen-bond donors (Lipinski definition) is 2. The lowest BCUT2D eigenvalue weighted by Crippen LogP contribution is -2.29. The van der Waals surface area contributed by atoms with Crippen LogP contribution in [0.1, 0.15) is 33.1 Å². The Bertz CT molecular complexity index is 1390. The third kappa shape index (κ3) is 5.45. The first-order valence-corrected chi connectivity index (χ1v) is 12.5. The fourth-order valence-electron chi connectivity index (χ4n) is 3.21. The van der Waals surface area contributed by atoms with Gasteiger partial charge in [-0.15, -0.1) is 10.2 Å². The van der Waals surface area contributed by atoms with Gasteiger partial charge in [0.05, 0.1) is 16.6 Å². The summed E-state index contributed by atoms with van der Waals surface area (Å²) >= 11 is 6.81. The van der Waals surface area contributed by atoms with Crippen LogP contribution in [0.5, 0.6) is 0 Å². The van der Waals surface area contributed by atoms with E-state index >= 15 is 0 Å². The molecule has 0 fully saturated rings. The Morgan fingerprint density at radius 3 is 2.36 bits per heavy atom. The van der Waals surface area contributed by atoms with Crippen molar-refractivity contribution in [3.05, 3.63) is 106 Å². The smallest absolute Gasteiger partial charge is 0.270 e. The minimum absolute atomic E-state index is 0.0483. The second-order valence-electron chi connectivity index (χ2n) is 7.19. The summed E-state index contributed by atoms with van der Waals surface area (Å²) in [5.41, 5.74) is 2.83. The molecule has 0 radical (unpaired) electrons. The Kier molecular flexibility index (Phi) is 6.85. The zero-order valence-electron chi connectivity index (χ0n) is 17.4. The van der Waals surface area contributed by atoms with Gasteiger partial charge in [0.25, 0.3) is 15.9 Å². The summed E-state index contributed by atoms with van der Waals surface area (Å²) in [6.45, 7) is 1.94. The number of nitrogens with one attached hydrogen (secondary N) is 2. The number of aromatic nitrogens is 2. The summed E-state index contributed by atoms with van der Waals surface area (Å²) in [7, 11) is -4.04. The Balaban J connectivity index is 1.59. The fourth-order valence-corrected chi connectivity index (χ4v) is 5.55. The maximum Gasteiger partial charge on any atom is 0.270 e. The predicted octanol–water partition coefficient (Wildman–Crippen LogP) is 4.82. The molecule has 0 aliphatic heterocycles. The topological polar surface area (TPSA) is 101 Å². The molecule has 1 heterocycles. The van der Waals surface area contributed by atoms with Crippen LogP contribution in [0.3, 0.4) is 0 Å². The second kappa shape index (κ2) is 9.80. The van der Waals surface area contributed by atoms with Gasteiger partial charge in [0.1, 0.15) is 0 Å². The van der Waals surface area contributed by atoms with E-state index in [1.54, 1.807) is 24.3 Å². The lowest BCUT2D eigenvalue weighted by atomic mass is 9.98. The van der Waals surface area contributed by atoms with Crippen molar-refractivity contribution >= 4 is 44.0 Å². The SMILES string of the molecule is Cc1cccc([C@H](NS(=O)(=O)c2nnc(NC(=O)c3ccccc3Cl)s2)c2ccccc2)c1. The van der Waals surface area contributed by atoms with Gasteiger partial charge in [-0.3, -0.25) is 10.1 Å². The van der Waals surface area contributed by atoms with Gasteiger partial charge >= 0.3 is 0 Å². The van der Waals surface area contributed by atoms with Gasteiger partial charge in [0.15, 0.2) is 0 Å².